The van der Waals surface area contributed by atoms with Crippen molar-refractivity contribution in [3.63, 3.8) is 0 Å². The fourth-order valence-electron chi connectivity index (χ4n) is 6.51. The third kappa shape index (κ3) is 5.89. The molecule has 0 saturated heterocycles. The average Bonchev–Trinajstić information content (AvgIpc) is 3.68. The van der Waals surface area contributed by atoms with E-state index in [0.29, 0.717) is 34.2 Å². The molecule has 0 N–H and O–H groups in total. The van der Waals surface area contributed by atoms with Crippen LogP contribution in [0.2, 0.25) is 0 Å². The number of rotatable bonds is 5. The maximum Gasteiger partial charge on any atom is 0.433 e. The molecule has 2 aliphatic rings. The number of benzene rings is 3. The summed E-state index contributed by atoms with van der Waals surface area (Å²) >= 11 is 0. The molecule has 0 bridgehead atoms. The summed E-state index contributed by atoms with van der Waals surface area (Å²) in [6, 6.07) is 20.5. The summed E-state index contributed by atoms with van der Waals surface area (Å²) in [6.07, 6.45) is -0.765. The standard InChI is InChI=1S/C37H30F5N5O/c1-21(2)23-8-10-24(11-9-23)30-19-32(37(40,41)42)46-33(43-30)20-31(44-46)36(48)47-35(25-12-16-28(39)17-13-25)29-5-3-4-26(34(29)45-47)18-22-6-14-27(38)15-7-22/h6-21,29,35H,3-5H2,1-2H3/b26-18-. The number of halogens is 5. The van der Waals surface area contributed by atoms with E-state index in [2.05, 4.69) is 10.1 Å². The normalized spacial score (nSPS) is 18.9. The van der Waals surface area contributed by atoms with Gasteiger partial charge in [-0.05, 0) is 83.9 Å². The Morgan fingerprint density at radius 2 is 1.58 bits per heavy atom. The van der Waals surface area contributed by atoms with Gasteiger partial charge in [0.25, 0.3) is 5.91 Å². The van der Waals surface area contributed by atoms with Gasteiger partial charge in [0, 0.05) is 17.5 Å². The monoisotopic (exact) mass is 655 g/mol. The minimum Gasteiger partial charge on any atom is -0.265 e. The number of carbonyl (C=O) groups is 1. The molecule has 7 rings (SSSR count). The zero-order chi connectivity index (χ0) is 33.7. The molecule has 1 aliphatic carbocycles. The third-order valence-corrected chi connectivity index (χ3v) is 8.94. The van der Waals surface area contributed by atoms with E-state index in [9.17, 15) is 26.7 Å². The van der Waals surface area contributed by atoms with Crippen LogP contribution in [0, 0.1) is 17.6 Å². The summed E-state index contributed by atoms with van der Waals surface area (Å²) < 4.78 is 71.4. The van der Waals surface area contributed by atoms with Gasteiger partial charge >= 0.3 is 6.18 Å². The smallest absolute Gasteiger partial charge is 0.265 e. The molecule has 1 saturated carbocycles. The van der Waals surface area contributed by atoms with Gasteiger partial charge in [-0.2, -0.15) is 23.4 Å². The van der Waals surface area contributed by atoms with Crippen molar-refractivity contribution in [1.29, 1.82) is 0 Å². The highest BCUT2D eigenvalue weighted by Gasteiger charge is 2.45. The number of allylic oxidation sites excluding steroid dienone is 1. The Kier molecular flexibility index (Phi) is 7.93. The van der Waals surface area contributed by atoms with Crippen molar-refractivity contribution in [1.82, 2.24) is 19.6 Å². The Balaban J connectivity index is 1.32. The van der Waals surface area contributed by atoms with Gasteiger partial charge in [-0.15, -0.1) is 0 Å². The van der Waals surface area contributed by atoms with Gasteiger partial charge in [0.05, 0.1) is 17.4 Å². The molecule has 0 radical (unpaired) electrons. The lowest BCUT2D eigenvalue weighted by Gasteiger charge is -2.29. The second-order valence-electron chi connectivity index (χ2n) is 12.5. The van der Waals surface area contributed by atoms with Crippen molar-refractivity contribution in [2.24, 2.45) is 11.0 Å². The van der Waals surface area contributed by atoms with Crippen LogP contribution in [0.3, 0.4) is 0 Å². The lowest BCUT2D eigenvalue weighted by Crippen LogP contribution is -2.32. The van der Waals surface area contributed by atoms with Crippen molar-refractivity contribution < 1.29 is 26.7 Å². The molecular formula is C37H30F5N5O. The number of hydrazone groups is 1. The van der Waals surface area contributed by atoms with Gasteiger partial charge in [-0.1, -0.05) is 62.4 Å². The van der Waals surface area contributed by atoms with Crippen LogP contribution in [0.1, 0.15) is 77.9 Å². The van der Waals surface area contributed by atoms with Crippen molar-refractivity contribution >= 4 is 23.3 Å². The molecule has 48 heavy (non-hydrogen) atoms. The van der Waals surface area contributed by atoms with Crippen LogP contribution in [-0.4, -0.2) is 31.2 Å². The van der Waals surface area contributed by atoms with Gasteiger partial charge in [0.2, 0.25) is 0 Å². The molecule has 2 unspecified atom stereocenters. The average molecular weight is 656 g/mol. The molecule has 1 amide bonds. The molecule has 3 heterocycles. The Morgan fingerprint density at radius 1 is 0.917 bits per heavy atom. The number of hydrogen-bond donors (Lipinski definition) is 0. The molecule has 6 nitrogen and oxygen atoms in total. The van der Waals surface area contributed by atoms with E-state index in [1.54, 1.807) is 36.4 Å². The van der Waals surface area contributed by atoms with Crippen LogP contribution >= 0.6 is 0 Å². The van der Waals surface area contributed by atoms with Gasteiger partial charge in [0.1, 0.15) is 11.6 Å². The van der Waals surface area contributed by atoms with Crippen LogP contribution in [0.4, 0.5) is 22.0 Å². The van der Waals surface area contributed by atoms with E-state index >= 15 is 0 Å². The maximum atomic E-state index is 14.4. The third-order valence-electron chi connectivity index (χ3n) is 8.94. The molecule has 1 fully saturated rings. The van der Waals surface area contributed by atoms with E-state index in [4.69, 9.17) is 5.10 Å². The fourth-order valence-corrected chi connectivity index (χ4v) is 6.51. The van der Waals surface area contributed by atoms with E-state index in [1.165, 1.54) is 35.3 Å². The van der Waals surface area contributed by atoms with Crippen molar-refractivity contribution in [2.75, 3.05) is 0 Å². The van der Waals surface area contributed by atoms with Crippen LogP contribution in [0.15, 0.2) is 95.6 Å². The molecule has 1 aliphatic heterocycles. The van der Waals surface area contributed by atoms with Crippen LogP contribution < -0.4 is 0 Å². The Labute approximate surface area is 273 Å². The number of hydrogen-bond acceptors (Lipinski definition) is 4. The first-order chi connectivity index (χ1) is 23.0. The van der Waals surface area contributed by atoms with Crippen LogP contribution in [0.25, 0.3) is 23.0 Å². The van der Waals surface area contributed by atoms with Gasteiger partial charge in [0.15, 0.2) is 17.0 Å². The Morgan fingerprint density at radius 3 is 2.23 bits per heavy atom. The van der Waals surface area contributed by atoms with E-state index in [-0.39, 0.29) is 34.7 Å². The number of nitrogens with zero attached hydrogens (tertiary/aromatic N) is 5. The van der Waals surface area contributed by atoms with Crippen molar-refractivity contribution in [3.05, 3.63) is 130 Å². The summed E-state index contributed by atoms with van der Waals surface area (Å²) in [7, 11) is 0. The topological polar surface area (TPSA) is 62.9 Å². The maximum absolute atomic E-state index is 14.4. The molecule has 244 valence electrons. The predicted molar refractivity (Wildman–Crippen MR) is 172 cm³/mol. The van der Waals surface area contributed by atoms with E-state index in [0.717, 1.165) is 29.2 Å². The summed E-state index contributed by atoms with van der Waals surface area (Å²) in [5, 5.41) is 10.1. The largest absolute Gasteiger partial charge is 0.433 e. The minimum absolute atomic E-state index is 0.0937. The molecule has 3 aromatic carbocycles. The zero-order valence-electron chi connectivity index (χ0n) is 26.0. The zero-order valence-corrected chi connectivity index (χ0v) is 26.0. The first-order valence-electron chi connectivity index (χ1n) is 15.7. The minimum atomic E-state index is -4.79. The number of alkyl halides is 3. The van der Waals surface area contributed by atoms with E-state index < -0.39 is 29.6 Å². The van der Waals surface area contributed by atoms with Gasteiger partial charge in [-0.25, -0.2) is 23.3 Å². The van der Waals surface area contributed by atoms with Crippen LogP contribution in [0.5, 0.6) is 0 Å². The summed E-state index contributed by atoms with van der Waals surface area (Å²) in [6.45, 7) is 4.05. The molecular weight excluding hydrogens is 625 g/mol. The molecule has 2 aromatic heterocycles. The van der Waals surface area contributed by atoms with Crippen LogP contribution in [-0.2, 0) is 6.18 Å². The highest BCUT2D eigenvalue weighted by molar-refractivity contribution is 6.09. The van der Waals surface area contributed by atoms with Crippen molar-refractivity contribution in [3.8, 4) is 11.3 Å². The lowest BCUT2D eigenvalue weighted by molar-refractivity contribution is -0.142. The second-order valence-corrected chi connectivity index (χ2v) is 12.5. The summed E-state index contributed by atoms with van der Waals surface area (Å²) in [4.78, 5) is 18.7. The quantitative estimate of drug-likeness (QED) is 0.177. The summed E-state index contributed by atoms with van der Waals surface area (Å²) in [5.74, 6) is -1.54. The van der Waals surface area contributed by atoms with Crippen molar-refractivity contribution in [2.45, 2.75) is 51.2 Å². The lowest BCUT2D eigenvalue weighted by atomic mass is 9.77. The first kappa shape index (κ1) is 31.4. The fraction of sp³-hybridized carbons (Fsp3) is 0.243. The highest BCUT2D eigenvalue weighted by atomic mass is 19.4. The highest BCUT2D eigenvalue weighted by Crippen LogP contribution is 2.45. The SMILES string of the molecule is CC(C)c1ccc(-c2cc(C(F)(F)F)n3nc(C(=O)N4N=C5/C(=C\c6ccc(F)cc6)CCCC5C4c4ccc(F)cc4)cc3n2)cc1. The summed E-state index contributed by atoms with van der Waals surface area (Å²) in [5.41, 5.74) is 3.05. The molecule has 11 heteroatoms. The van der Waals surface area contributed by atoms with Gasteiger partial charge in [-0.3, -0.25) is 4.79 Å². The Hall–Kier alpha value is -5.19. The Bertz CT molecular complexity index is 2060. The second kappa shape index (κ2) is 12.1. The first-order valence-corrected chi connectivity index (χ1v) is 15.7. The number of fused-ring (bicyclic) bond motifs is 2. The number of amides is 1. The van der Waals surface area contributed by atoms with E-state index in [1.807, 2.05) is 32.1 Å². The number of aromatic nitrogens is 3. The van der Waals surface area contributed by atoms with Gasteiger partial charge < -0.3 is 0 Å². The number of carbonyl (C=O) groups excluding carboxylic acids is 1. The predicted octanol–water partition coefficient (Wildman–Crippen LogP) is 9.25. The molecule has 0 spiro atoms. The molecule has 2 atom stereocenters. The molecule has 5 aromatic rings.